The molecule has 2 aliphatic carbocycles. The van der Waals surface area contributed by atoms with Gasteiger partial charge in [0, 0.05) is 15.2 Å². The largest absolute Gasteiger partial charge is 0.0888 e. The van der Waals surface area contributed by atoms with Crippen molar-refractivity contribution in [3.63, 3.8) is 0 Å². The Labute approximate surface area is 286 Å². The van der Waals surface area contributed by atoms with Crippen LogP contribution >= 0.6 is 11.8 Å². The molecular weight excluding hydrogens is 597 g/mol. The molecule has 0 fully saturated rings. The SMILES string of the molecule is C[C@@H]1C=Cc2ccc3c(c2C=C1)C(c1ccccc1)(c1ccccc1-c1ccc2c(c1)Sc1cccc4cccc-2c14)c1ccccc1-3. The molecule has 10 rings (SSSR count). The average Bonchev–Trinajstić information content (AvgIpc) is 3.31. The van der Waals surface area contributed by atoms with Gasteiger partial charge in [-0.2, -0.15) is 0 Å². The molecule has 7 aromatic rings. The standard InChI is InChI=1S/C47H32S/c1-30-21-23-31-24-28-40-37-16-6-8-19-42(37)47(34-13-3-2-4-14-34,46(40)36(31)26-22-30)41-18-7-5-15-35(41)33-25-27-38-39-17-9-11-32-12-10-20-43(45(32)39)48-44(38)29-33/h2-30H,1H3/t30-,47?/m1/s1. The van der Waals surface area contributed by atoms with E-state index in [0.29, 0.717) is 5.92 Å². The summed E-state index contributed by atoms with van der Waals surface area (Å²) < 4.78 is 0. The van der Waals surface area contributed by atoms with Crippen molar-refractivity contribution in [3.8, 4) is 33.4 Å². The molecule has 1 aliphatic heterocycles. The number of allylic oxidation sites excluding steroid dienone is 2. The number of hydrogen-bond acceptors (Lipinski definition) is 1. The summed E-state index contributed by atoms with van der Waals surface area (Å²) in [5, 5.41) is 2.67. The molecule has 0 radical (unpaired) electrons. The highest BCUT2D eigenvalue weighted by Crippen LogP contribution is 2.60. The number of rotatable bonds is 3. The van der Waals surface area contributed by atoms with Gasteiger partial charge in [-0.1, -0.05) is 176 Å². The Hall–Kier alpha value is -5.37. The second kappa shape index (κ2) is 10.6. The maximum absolute atomic E-state index is 2.43. The zero-order valence-corrected chi connectivity index (χ0v) is 27.5. The van der Waals surface area contributed by atoms with E-state index >= 15 is 0 Å². The molecular formula is C47H32S. The van der Waals surface area contributed by atoms with E-state index < -0.39 is 5.41 Å². The van der Waals surface area contributed by atoms with Gasteiger partial charge in [0.15, 0.2) is 0 Å². The van der Waals surface area contributed by atoms with Gasteiger partial charge < -0.3 is 0 Å². The summed E-state index contributed by atoms with van der Waals surface area (Å²) in [6.45, 7) is 2.26. The maximum Gasteiger partial charge on any atom is 0.0725 e. The highest BCUT2D eigenvalue weighted by atomic mass is 32.2. The van der Waals surface area contributed by atoms with Crippen LogP contribution in [0.4, 0.5) is 0 Å². The van der Waals surface area contributed by atoms with Crippen LogP contribution in [0.2, 0.25) is 0 Å². The van der Waals surface area contributed by atoms with Gasteiger partial charge in [0.25, 0.3) is 0 Å². The van der Waals surface area contributed by atoms with Crippen molar-refractivity contribution in [2.45, 2.75) is 22.1 Å². The quantitative estimate of drug-likeness (QED) is 0.188. The van der Waals surface area contributed by atoms with Crippen molar-refractivity contribution >= 4 is 34.7 Å². The molecule has 0 spiro atoms. The Kier molecular flexibility index (Phi) is 6.10. The third kappa shape index (κ3) is 3.86. The van der Waals surface area contributed by atoms with Gasteiger partial charge in [-0.3, -0.25) is 0 Å². The van der Waals surface area contributed by atoms with Crippen LogP contribution in [-0.4, -0.2) is 0 Å². The minimum absolute atomic E-state index is 0.374. The first-order valence-corrected chi connectivity index (χ1v) is 17.7. The van der Waals surface area contributed by atoms with E-state index in [2.05, 4.69) is 177 Å². The van der Waals surface area contributed by atoms with Crippen molar-refractivity contribution in [2.75, 3.05) is 0 Å². The normalized spacial score (nSPS) is 18.1. The lowest BCUT2D eigenvalue weighted by Gasteiger charge is -2.37. The molecule has 0 N–H and O–H groups in total. The van der Waals surface area contributed by atoms with Crippen molar-refractivity contribution < 1.29 is 0 Å². The van der Waals surface area contributed by atoms with Gasteiger partial charge >= 0.3 is 0 Å². The third-order valence-electron chi connectivity index (χ3n) is 10.6. The first kappa shape index (κ1) is 27.7. The van der Waals surface area contributed by atoms with Crippen LogP contribution in [0.5, 0.6) is 0 Å². The van der Waals surface area contributed by atoms with E-state index in [1.807, 2.05) is 11.8 Å². The Balaban J connectivity index is 1.28. The number of benzene rings is 7. The summed E-state index contributed by atoms with van der Waals surface area (Å²) >= 11 is 1.90. The Morgan fingerprint density at radius 2 is 1.21 bits per heavy atom. The van der Waals surface area contributed by atoms with Gasteiger partial charge in [-0.25, -0.2) is 0 Å². The second-order valence-electron chi connectivity index (χ2n) is 13.2. The predicted molar refractivity (Wildman–Crippen MR) is 203 cm³/mol. The van der Waals surface area contributed by atoms with E-state index in [9.17, 15) is 0 Å². The maximum atomic E-state index is 2.43. The first-order chi connectivity index (χ1) is 23.7. The van der Waals surface area contributed by atoms with Crippen molar-refractivity contribution in [1.29, 1.82) is 0 Å². The number of fused-ring (bicyclic) bond motifs is 7. The van der Waals surface area contributed by atoms with Crippen molar-refractivity contribution in [1.82, 2.24) is 0 Å². The molecule has 1 unspecified atom stereocenters. The fourth-order valence-electron chi connectivity index (χ4n) is 8.55. The fourth-order valence-corrected chi connectivity index (χ4v) is 9.74. The van der Waals surface area contributed by atoms with Gasteiger partial charge in [0.1, 0.15) is 0 Å². The molecule has 48 heavy (non-hydrogen) atoms. The highest BCUT2D eigenvalue weighted by Gasteiger charge is 2.48. The summed E-state index contributed by atoms with van der Waals surface area (Å²) in [7, 11) is 0. The zero-order valence-electron chi connectivity index (χ0n) is 26.7. The van der Waals surface area contributed by atoms with E-state index in [1.54, 1.807) is 0 Å². The van der Waals surface area contributed by atoms with E-state index in [1.165, 1.54) is 87.3 Å². The molecule has 1 heterocycles. The monoisotopic (exact) mass is 628 g/mol. The highest BCUT2D eigenvalue weighted by molar-refractivity contribution is 7.99. The molecule has 0 aromatic heterocycles. The minimum atomic E-state index is -0.512. The molecule has 2 atom stereocenters. The minimum Gasteiger partial charge on any atom is -0.0888 e. The lowest BCUT2D eigenvalue weighted by Crippen LogP contribution is -2.30. The van der Waals surface area contributed by atoms with Crippen LogP contribution < -0.4 is 0 Å². The Morgan fingerprint density at radius 1 is 0.521 bits per heavy atom. The summed E-state index contributed by atoms with van der Waals surface area (Å²) in [5.41, 5.74) is 15.2. The molecule has 7 aromatic carbocycles. The fraction of sp³-hybridized carbons (Fsp3) is 0.0638. The topological polar surface area (TPSA) is 0 Å². The predicted octanol–water partition coefficient (Wildman–Crippen LogP) is 12.7. The summed E-state index contributed by atoms with van der Waals surface area (Å²) in [4.78, 5) is 2.64. The molecule has 0 bridgehead atoms. The van der Waals surface area contributed by atoms with Crippen molar-refractivity contribution in [3.05, 3.63) is 191 Å². The van der Waals surface area contributed by atoms with E-state index in [-0.39, 0.29) is 0 Å². The molecule has 0 nitrogen and oxygen atoms in total. The third-order valence-corrected chi connectivity index (χ3v) is 11.7. The molecule has 0 saturated carbocycles. The molecule has 0 saturated heterocycles. The average molecular weight is 629 g/mol. The molecule has 1 heteroatoms. The van der Waals surface area contributed by atoms with Gasteiger partial charge in [-0.15, -0.1) is 0 Å². The Bertz CT molecular complexity index is 2490. The van der Waals surface area contributed by atoms with E-state index in [0.717, 1.165) is 0 Å². The van der Waals surface area contributed by atoms with Crippen LogP contribution in [0, 0.1) is 5.92 Å². The van der Waals surface area contributed by atoms with Crippen LogP contribution in [0.1, 0.15) is 40.3 Å². The molecule has 226 valence electrons. The van der Waals surface area contributed by atoms with E-state index in [4.69, 9.17) is 0 Å². The lowest BCUT2D eigenvalue weighted by atomic mass is 9.64. The van der Waals surface area contributed by atoms with Crippen LogP contribution in [-0.2, 0) is 5.41 Å². The Morgan fingerprint density at radius 3 is 2.06 bits per heavy atom. The molecule has 3 aliphatic rings. The molecule has 0 amide bonds. The van der Waals surface area contributed by atoms with Gasteiger partial charge in [-0.05, 0) is 90.2 Å². The number of hydrogen-bond donors (Lipinski definition) is 0. The summed E-state index contributed by atoms with van der Waals surface area (Å²) in [6, 6.07) is 54.7. The van der Waals surface area contributed by atoms with Gasteiger partial charge in [0.05, 0.1) is 5.41 Å². The smallest absolute Gasteiger partial charge is 0.0725 e. The van der Waals surface area contributed by atoms with Gasteiger partial charge in [0.2, 0.25) is 0 Å². The zero-order chi connectivity index (χ0) is 31.8. The summed E-state index contributed by atoms with van der Waals surface area (Å²) in [5.74, 6) is 0.374. The van der Waals surface area contributed by atoms with Crippen LogP contribution in [0.15, 0.2) is 168 Å². The van der Waals surface area contributed by atoms with Crippen LogP contribution in [0.25, 0.3) is 56.3 Å². The first-order valence-electron chi connectivity index (χ1n) is 16.8. The van der Waals surface area contributed by atoms with Crippen LogP contribution in [0.3, 0.4) is 0 Å². The second-order valence-corrected chi connectivity index (χ2v) is 14.3. The van der Waals surface area contributed by atoms with Crippen molar-refractivity contribution in [2.24, 2.45) is 5.92 Å². The summed E-state index contributed by atoms with van der Waals surface area (Å²) in [6.07, 6.45) is 9.38. The lowest BCUT2D eigenvalue weighted by molar-refractivity contribution is 0.768.